The van der Waals surface area contributed by atoms with E-state index in [4.69, 9.17) is 32.7 Å². The van der Waals surface area contributed by atoms with Gasteiger partial charge in [-0.15, -0.1) is 0 Å². The summed E-state index contributed by atoms with van der Waals surface area (Å²) in [6.45, 7) is 0. The molecule has 3 aromatic rings. The van der Waals surface area contributed by atoms with Crippen molar-refractivity contribution in [2.75, 3.05) is 14.2 Å². The molecule has 0 heterocycles. The monoisotopic (exact) mass is 386 g/mol. The van der Waals surface area contributed by atoms with E-state index in [9.17, 15) is 4.79 Å². The van der Waals surface area contributed by atoms with Gasteiger partial charge in [-0.1, -0.05) is 53.5 Å². The van der Waals surface area contributed by atoms with Crippen molar-refractivity contribution < 1.29 is 14.3 Å². The summed E-state index contributed by atoms with van der Waals surface area (Å²) in [5, 5.41) is 1.00. The van der Waals surface area contributed by atoms with Crippen LogP contribution in [0.5, 0.6) is 11.5 Å². The van der Waals surface area contributed by atoms with Crippen LogP contribution in [0.3, 0.4) is 0 Å². The second kappa shape index (κ2) is 7.81. The predicted octanol–water partition coefficient (Wildman–Crippen LogP) is 5.91. The Balaban J connectivity index is 2.17. The number of ether oxygens (including phenoxy) is 2. The summed E-state index contributed by atoms with van der Waals surface area (Å²) in [6.07, 6.45) is 0. The first-order chi connectivity index (χ1) is 12.5. The van der Waals surface area contributed by atoms with Crippen LogP contribution in [0.1, 0.15) is 15.9 Å². The van der Waals surface area contributed by atoms with Crippen LogP contribution >= 0.6 is 23.2 Å². The van der Waals surface area contributed by atoms with Gasteiger partial charge in [0.1, 0.15) is 11.5 Å². The molecule has 132 valence electrons. The Morgan fingerprint density at radius 1 is 0.769 bits per heavy atom. The van der Waals surface area contributed by atoms with Gasteiger partial charge in [0.15, 0.2) is 5.78 Å². The molecule has 26 heavy (non-hydrogen) atoms. The minimum Gasteiger partial charge on any atom is -0.496 e. The van der Waals surface area contributed by atoms with E-state index in [0.717, 1.165) is 5.56 Å². The molecule has 3 aromatic carbocycles. The minimum absolute atomic E-state index is 0.113. The number of carbonyl (C=O) groups is 1. The molecule has 0 bridgehead atoms. The lowest BCUT2D eigenvalue weighted by Gasteiger charge is -2.16. The molecule has 0 spiro atoms. The highest BCUT2D eigenvalue weighted by Gasteiger charge is 2.19. The Bertz CT molecular complexity index is 907. The largest absolute Gasteiger partial charge is 0.496 e. The van der Waals surface area contributed by atoms with Gasteiger partial charge in [0.2, 0.25) is 0 Å². The zero-order valence-electron chi connectivity index (χ0n) is 14.3. The van der Waals surface area contributed by atoms with Gasteiger partial charge in [-0.3, -0.25) is 4.79 Å². The van der Waals surface area contributed by atoms with Crippen molar-refractivity contribution in [3.63, 3.8) is 0 Å². The Morgan fingerprint density at radius 2 is 1.31 bits per heavy atom. The number of halogens is 2. The smallest absolute Gasteiger partial charge is 0.193 e. The molecule has 0 aliphatic rings. The molecule has 0 aromatic heterocycles. The Labute approximate surface area is 162 Å². The zero-order chi connectivity index (χ0) is 18.7. The molecule has 0 N–H and O–H groups in total. The molecule has 0 radical (unpaired) electrons. The summed E-state index contributed by atoms with van der Waals surface area (Å²) in [5.41, 5.74) is 2.50. The summed E-state index contributed by atoms with van der Waals surface area (Å²) >= 11 is 12.3. The lowest BCUT2D eigenvalue weighted by atomic mass is 9.97. The first-order valence-electron chi connectivity index (χ1n) is 7.85. The molecule has 0 amide bonds. The Kier molecular flexibility index (Phi) is 5.50. The van der Waals surface area contributed by atoms with E-state index < -0.39 is 0 Å². The molecule has 0 saturated carbocycles. The van der Waals surface area contributed by atoms with Crippen molar-refractivity contribution >= 4 is 29.0 Å². The molecular weight excluding hydrogens is 371 g/mol. The van der Waals surface area contributed by atoms with E-state index in [-0.39, 0.29) is 5.78 Å². The van der Waals surface area contributed by atoms with Crippen LogP contribution < -0.4 is 9.47 Å². The average Bonchev–Trinajstić information content (AvgIpc) is 2.66. The van der Waals surface area contributed by atoms with Crippen LogP contribution in [0.4, 0.5) is 0 Å². The van der Waals surface area contributed by atoms with Gasteiger partial charge in [0.05, 0.1) is 19.8 Å². The second-order valence-corrected chi connectivity index (χ2v) is 6.48. The molecule has 0 aliphatic carbocycles. The maximum absolute atomic E-state index is 12.8. The number of ketones is 1. The van der Waals surface area contributed by atoms with Gasteiger partial charge >= 0.3 is 0 Å². The third-order valence-electron chi connectivity index (χ3n) is 3.96. The summed E-state index contributed by atoms with van der Waals surface area (Å²) in [7, 11) is 3.09. The second-order valence-electron chi connectivity index (χ2n) is 5.61. The maximum atomic E-state index is 12.8. The number of benzene rings is 3. The van der Waals surface area contributed by atoms with Crippen LogP contribution in [0.2, 0.25) is 10.0 Å². The fourth-order valence-corrected chi connectivity index (χ4v) is 3.31. The van der Waals surface area contributed by atoms with Crippen molar-refractivity contribution in [2.45, 2.75) is 0 Å². The van der Waals surface area contributed by atoms with Gasteiger partial charge in [-0.05, 0) is 35.9 Å². The molecule has 3 rings (SSSR count). The van der Waals surface area contributed by atoms with Crippen LogP contribution in [0, 0.1) is 0 Å². The first kappa shape index (κ1) is 18.3. The Hall–Kier alpha value is -2.49. The van der Waals surface area contributed by atoms with Gasteiger partial charge in [0.25, 0.3) is 0 Å². The van der Waals surface area contributed by atoms with E-state index in [1.165, 1.54) is 0 Å². The quantitative estimate of drug-likeness (QED) is 0.511. The van der Waals surface area contributed by atoms with Crippen LogP contribution in [-0.4, -0.2) is 20.0 Å². The number of carbonyl (C=O) groups excluding carboxylic acids is 1. The lowest BCUT2D eigenvalue weighted by molar-refractivity contribution is 0.103. The number of hydrogen-bond donors (Lipinski definition) is 0. The van der Waals surface area contributed by atoms with E-state index in [0.29, 0.717) is 38.2 Å². The average molecular weight is 387 g/mol. The molecule has 0 atom stereocenters. The molecule has 0 aliphatic heterocycles. The third kappa shape index (κ3) is 3.69. The van der Waals surface area contributed by atoms with E-state index >= 15 is 0 Å². The molecular formula is C21H16Cl2O3. The number of methoxy groups -OCH3 is 2. The highest BCUT2D eigenvalue weighted by Crippen LogP contribution is 2.41. The minimum atomic E-state index is -0.113. The van der Waals surface area contributed by atoms with Crippen molar-refractivity contribution in [2.24, 2.45) is 0 Å². The summed E-state index contributed by atoms with van der Waals surface area (Å²) in [5.74, 6) is 0.891. The normalized spacial score (nSPS) is 10.5. The van der Waals surface area contributed by atoms with Crippen LogP contribution in [-0.2, 0) is 0 Å². The molecule has 5 heteroatoms. The fourth-order valence-electron chi connectivity index (χ4n) is 2.78. The van der Waals surface area contributed by atoms with E-state index in [1.54, 1.807) is 56.7 Å². The first-order valence-corrected chi connectivity index (χ1v) is 8.61. The number of hydrogen-bond acceptors (Lipinski definition) is 3. The zero-order valence-corrected chi connectivity index (χ0v) is 15.8. The van der Waals surface area contributed by atoms with Crippen LogP contribution in [0.25, 0.3) is 11.1 Å². The fraction of sp³-hybridized carbons (Fsp3) is 0.0952. The van der Waals surface area contributed by atoms with Gasteiger partial charge in [-0.2, -0.15) is 0 Å². The van der Waals surface area contributed by atoms with Crippen molar-refractivity contribution in [1.29, 1.82) is 0 Å². The molecule has 0 saturated heterocycles. The summed E-state index contributed by atoms with van der Waals surface area (Å²) < 4.78 is 11.1. The maximum Gasteiger partial charge on any atom is 0.193 e. The lowest BCUT2D eigenvalue weighted by Crippen LogP contribution is -2.03. The van der Waals surface area contributed by atoms with Gasteiger partial charge in [-0.25, -0.2) is 0 Å². The van der Waals surface area contributed by atoms with E-state index in [2.05, 4.69) is 0 Å². The van der Waals surface area contributed by atoms with Gasteiger partial charge in [0, 0.05) is 21.2 Å². The third-order valence-corrected chi connectivity index (χ3v) is 4.39. The highest BCUT2D eigenvalue weighted by atomic mass is 35.5. The molecule has 0 unspecified atom stereocenters. The SMILES string of the molecule is COc1cc(C(=O)c2ccccc2)cc(OC)c1-c1cc(Cl)cc(Cl)c1. The van der Waals surface area contributed by atoms with Crippen LogP contribution in [0.15, 0.2) is 60.7 Å². The summed E-state index contributed by atoms with van der Waals surface area (Å²) in [4.78, 5) is 12.8. The van der Waals surface area contributed by atoms with Crippen molar-refractivity contribution in [3.05, 3.63) is 81.8 Å². The molecule has 0 fully saturated rings. The van der Waals surface area contributed by atoms with Gasteiger partial charge < -0.3 is 9.47 Å². The van der Waals surface area contributed by atoms with Crippen molar-refractivity contribution in [3.8, 4) is 22.6 Å². The summed E-state index contributed by atoms with van der Waals surface area (Å²) in [6, 6.07) is 17.6. The molecule has 3 nitrogen and oxygen atoms in total. The predicted molar refractivity (Wildman–Crippen MR) is 105 cm³/mol. The number of rotatable bonds is 5. The van der Waals surface area contributed by atoms with E-state index in [1.807, 2.05) is 18.2 Å². The highest BCUT2D eigenvalue weighted by molar-refractivity contribution is 6.35. The topological polar surface area (TPSA) is 35.5 Å². The Morgan fingerprint density at radius 3 is 1.81 bits per heavy atom. The standard InChI is InChI=1S/C21H16Cl2O3/c1-25-18-10-15(21(24)13-6-4-3-5-7-13)11-19(26-2)20(18)14-8-16(22)12-17(23)9-14/h3-12H,1-2H3. The van der Waals surface area contributed by atoms with Crippen molar-refractivity contribution in [1.82, 2.24) is 0 Å².